The van der Waals surface area contributed by atoms with Crippen molar-refractivity contribution >= 4 is 28.9 Å². The maximum absolute atomic E-state index is 5.95. The normalized spacial score (nSPS) is 10.2. The first-order valence-corrected chi connectivity index (χ1v) is 6.13. The molecule has 0 aliphatic carbocycles. The fraction of sp³-hybridized carbons (Fsp3) is 0.154. The standard InChI is InChI=1S/C13H12Cl2N2O/c1-18-13-9(3-2-6-16-13)8-17-10-4-5-11(14)12(15)7-10/h2-7,17H,8H2,1H3. The zero-order valence-corrected chi connectivity index (χ0v) is 11.3. The molecule has 1 N–H and O–H groups in total. The van der Waals surface area contributed by atoms with Gasteiger partial charge in [0.1, 0.15) is 0 Å². The molecule has 0 unspecified atom stereocenters. The third-order valence-electron chi connectivity index (χ3n) is 2.45. The van der Waals surface area contributed by atoms with Crippen molar-refractivity contribution in [2.45, 2.75) is 6.54 Å². The van der Waals surface area contributed by atoms with Gasteiger partial charge in [-0.1, -0.05) is 29.3 Å². The highest BCUT2D eigenvalue weighted by atomic mass is 35.5. The van der Waals surface area contributed by atoms with Crippen molar-refractivity contribution in [2.24, 2.45) is 0 Å². The van der Waals surface area contributed by atoms with Gasteiger partial charge in [-0.25, -0.2) is 4.98 Å². The van der Waals surface area contributed by atoms with Crippen LogP contribution < -0.4 is 10.1 Å². The summed E-state index contributed by atoms with van der Waals surface area (Å²) >= 11 is 11.8. The van der Waals surface area contributed by atoms with Crippen molar-refractivity contribution in [1.82, 2.24) is 4.98 Å². The van der Waals surface area contributed by atoms with Crippen LogP contribution in [0.3, 0.4) is 0 Å². The highest BCUT2D eigenvalue weighted by Gasteiger charge is 2.04. The lowest BCUT2D eigenvalue weighted by Crippen LogP contribution is -2.02. The molecule has 94 valence electrons. The van der Waals surface area contributed by atoms with Crippen molar-refractivity contribution in [1.29, 1.82) is 0 Å². The molecule has 0 aliphatic heterocycles. The van der Waals surface area contributed by atoms with Gasteiger partial charge in [-0.3, -0.25) is 0 Å². The maximum atomic E-state index is 5.95. The second-order valence-electron chi connectivity index (χ2n) is 3.65. The average molecular weight is 283 g/mol. The SMILES string of the molecule is COc1ncccc1CNc1ccc(Cl)c(Cl)c1. The molecule has 0 radical (unpaired) electrons. The minimum atomic E-state index is 0.528. The fourth-order valence-electron chi connectivity index (χ4n) is 1.55. The lowest BCUT2D eigenvalue weighted by atomic mass is 10.2. The lowest BCUT2D eigenvalue weighted by molar-refractivity contribution is 0.393. The van der Waals surface area contributed by atoms with Gasteiger partial charge in [0.25, 0.3) is 0 Å². The molecule has 2 rings (SSSR count). The summed E-state index contributed by atoms with van der Waals surface area (Å²) in [6, 6.07) is 9.24. The number of benzene rings is 1. The molecule has 0 spiro atoms. The Kier molecular flexibility index (Phi) is 4.28. The molecular formula is C13H12Cl2N2O. The first-order chi connectivity index (χ1) is 8.70. The van der Waals surface area contributed by atoms with Gasteiger partial charge in [0, 0.05) is 24.0 Å². The number of pyridine rings is 1. The molecule has 0 saturated carbocycles. The monoisotopic (exact) mass is 282 g/mol. The topological polar surface area (TPSA) is 34.1 Å². The van der Waals surface area contributed by atoms with Gasteiger partial charge >= 0.3 is 0 Å². The molecule has 5 heteroatoms. The van der Waals surface area contributed by atoms with Crippen LogP contribution >= 0.6 is 23.2 Å². The van der Waals surface area contributed by atoms with Crippen molar-refractivity contribution in [3.8, 4) is 5.88 Å². The molecule has 0 fully saturated rings. The Bertz CT molecular complexity index is 546. The predicted molar refractivity (Wildman–Crippen MR) is 74.6 cm³/mol. The van der Waals surface area contributed by atoms with E-state index < -0.39 is 0 Å². The van der Waals surface area contributed by atoms with Crippen LogP contribution in [0.15, 0.2) is 36.5 Å². The Labute approximate surface area is 116 Å². The van der Waals surface area contributed by atoms with E-state index in [0.717, 1.165) is 11.3 Å². The number of nitrogens with one attached hydrogen (secondary N) is 1. The van der Waals surface area contributed by atoms with Crippen LogP contribution in [0.4, 0.5) is 5.69 Å². The van der Waals surface area contributed by atoms with Crippen LogP contribution in [0.2, 0.25) is 10.0 Å². The van der Waals surface area contributed by atoms with E-state index in [1.165, 1.54) is 0 Å². The lowest BCUT2D eigenvalue weighted by Gasteiger charge is -2.10. The number of anilines is 1. The molecule has 3 nitrogen and oxygen atoms in total. The van der Waals surface area contributed by atoms with Gasteiger partial charge in [0.15, 0.2) is 0 Å². The summed E-state index contributed by atoms with van der Waals surface area (Å²) in [6.45, 7) is 0.606. The summed E-state index contributed by atoms with van der Waals surface area (Å²) in [5.74, 6) is 0.616. The second-order valence-corrected chi connectivity index (χ2v) is 4.47. The van der Waals surface area contributed by atoms with Gasteiger partial charge < -0.3 is 10.1 Å². The molecule has 0 atom stereocenters. The third-order valence-corrected chi connectivity index (χ3v) is 3.18. The molecule has 0 bridgehead atoms. The second kappa shape index (κ2) is 5.94. The number of hydrogen-bond acceptors (Lipinski definition) is 3. The van der Waals surface area contributed by atoms with Gasteiger partial charge in [0.2, 0.25) is 5.88 Å². The van der Waals surface area contributed by atoms with Crippen LogP contribution in [0.1, 0.15) is 5.56 Å². The average Bonchev–Trinajstić information content (AvgIpc) is 2.40. The molecule has 18 heavy (non-hydrogen) atoms. The minimum Gasteiger partial charge on any atom is -0.481 e. The number of nitrogens with zero attached hydrogens (tertiary/aromatic N) is 1. The zero-order chi connectivity index (χ0) is 13.0. The van der Waals surface area contributed by atoms with Crippen molar-refractivity contribution < 1.29 is 4.74 Å². The highest BCUT2D eigenvalue weighted by molar-refractivity contribution is 6.42. The van der Waals surface area contributed by atoms with Crippen molar-refractivity contribution in [2.75, 3.05) is 12.4 Å². The molecular weight excluding hydrogens is 271 g/mol. The van der Waals surface area contributed by atoms with Crippen LogP contribution in [0.25, 0.3) is 0 Å². The summed E-state index contributed by atoms with van der Waals surface area (Å²) in [6.07, 6.45) is 1.70. The highest BCUT2D eigenvalue weighted by Crippen LogP contribution is 2.25. The number of ether oxygens (including phenoxy) is 1. The molecule has 2 aromatic rings. The molecule has 1 heterocycles. The van der Waals surface area contributed by atoms with Crippen LogP contribution in [-0.2, 0) is 6.54 Å². The molecule has 1 aromatic carbocycles. The Balaban J connectivity index is 2.09. The van der Waals surface area contributed by atoms with E-state index in [1.807, 2.05) is 18.2 Å². The summed E-state index contributed by atoms with van der Waals surface area (Å²) in [7, 11) is 1.60. The number of hydrogen-bond donors (Lipinski definition) is 1. The number of halogens is 2. The quantitative estimate of drug-likeness (QED) is 0.920. The van der Waals surface area contributed by atoms with Gasteiger partial charge in [-0.2, -0.15) is 0 Å². The molecule has 0 saturated heterocycles. The summed E-state index contributed by atoms with van der Waals surface area (Å²) in [5, 5.41) is 4.31. The van der Waals surface area contributed by atoms with Crippen molar-refractivity contribution in [3.05, 3.63) is 52.1 Å². The fourth-order valence-corrected chi connectivity index (χ4v) is 1.84. The maximum Gasteiger partial charge on any atom is 0.218 e. The van der Waals surface area contributed by atoms with Crippen molar-refractivity contribution in [3.63, 3.8) is 0 Å². The van der Waals surface area contributed by atoms with E-state index in [0.29, 0.717) is 22.5 Å². The number of rotatable bonds is 4. The van der Waals surface area contributed by atoms with E-state index in [9.17, 15) is 0 Å². The molecule has 0 aliphatic rings. The van der Waals surface area contributed by atoms with Crippen LogP contribution in [-0.4, -0.2) is 12.1 Å². The van der Waals surface area contributed by atoms with E-state index in [2.05, 4.69) is 10.3 Å². The smallest absolute Gasteiger partial charge is 0.218 e. The Morgan fingerprint density at radius 1 is 1.22 bits per heavy atom. The zero-order valence-electron chi connectivity index (χ0n) is 9.78. The Hall–Kier alpha value is -1.45. The van der Waals surface area contributed by atoms with E-state index >= 15 is 0 Å². The number of aromatic nitrogens is 1. The molecule has 1 aromatic heterocycles. The largest absolute Gasteiger partial charge is 0.481 e. The van der Waals surface area contributed by atoms with Crippen LogP contribution in [0.5, 0.6) is 5.88 Å². The molecule has 0 amide bonds. The van der Waals surface area contributed by atoms with Gasteiger partial charge in [-0.05, 0) is 24.3 Å². The van der Waals surface area contributed by atoms with Gasteiger partial charge in [0.05, 0.1) is 17.2 Å². The summed E-state index contributed by atoms with van der Waals surface area (Å²) in [5.41, 5.74) is 1.88. The Morgan fingerprint density at radius 2 is 2.06 bits per heavy atom. The Morgan fingerprint density at radius 3 is 2.78 bits per heavy atom. The first kappa shape index (κ1) is 13.0. The predicted octanol–water partition coefficient (Wildman–Crippen LogP) is 4.01. The third kappa shape index (κ3) is 3.06. The first-order valence-electron chi connectivity index (χ1n) is 5.37. The van der Waals surface area contributed by atoms with E-state index in [1.54, 1.807) is 25.4 Å². The minimum absolute atomic E-state index is 0.528. The van der Waals surface area contributed by atoms with Gasteiger partial charge in [-0.15, -0.1) is 0 Å². The summed E-state index contributed by atoms with van der Waals surface area (Å²) in [4.78, 5) is 4.13. The van der Waals surface area contributed by atoms with E-state index in [4.69, 9.17) is 27.9 Å². The number of methoxy groups -OCH3 is 1. The summed E-state index contributed by atoms with van der Waals surface area (Å²) < 4.78 is 5.18. The van der Waals surface area contributed by atoms with Crippen LogP contribution in [0, 0.1) is 0 Å². The van der Waals surface area contributed by atoms with E-state index in [-0.39, 0.29) is 0 Å².